The fraction of sp³-hybridized carbons (Fsp3) is 0.333. The quantitative estimate of drug-likeness (QED) is 0.275. The molecule has 3 rings (SSSR count). The van der Waals surface area contributed by atoms with Gasteiger partial charge in [-0.25, -0.2) is 8.42 Å². The van der Waals surface area contributed by atoms with Crippen LogP contribution in [0.2, 0.25) is 0 Å². The van der Waals surface area contributed by atoms with Crippen LogP contribution in [0.25, 0.3) is 0 Å². The molecule has 2 atom stereocenters. The number of aliphatic carboxylic acids is 1. The van der Waals surface area contributed by atoms with E-state index in [2.05, 4.69) is 26.1 Å². The molecule has 0 aliphatic carbocycles. The van der Waals surface area contributed by atoms with Gasteiger partial charge in [0.05, 0.1) is 17.5 Å². The van der Waals surface area contributed by atoms with Crippen molar-refractivity contribution in [3.63, 3.8) is 0 Å². The molecule has 1 aromatic carbocycles. The molecule has 1 aliphatic rings. The molecule has 5 N–H and O–H groups in total. The van der Waals surface area contributed by atoms with Crippen molar-refractivity contribution in [3.05, 3.63) is 42.2 Å². The first-order chi connectivity index (χ1) is 15.2. The van der Waals surface area contributed by atoms with Crippen LogP contribution in [0.1, 0.15) is 17.5 Å². The fourth-order valence-corrected chi connectivity index (χ4v) is 3.85. The number of amides is 1. The first-order valence-corrected chi connectivity index (χ1v) is 11.0. The molecule has 1 aromatic heterocycles. The van der Waals surface area contributed by atoms with Crippen LogP contribution in [0, 0.1) is 0 Å². The zero-order valence-electron chi connectivity index (χ0n) is 16.9. The monoisotopic (exact) mass is 466 g/mol. The topological polar surface area (TPSA) is 184 Å². The SMILES string of the molecule is CC(NC1=NCCN1)Oc1cc(C(=O)NCC(NS(=O)(=O)c2ccccc2)C(=O)O)on1. The number of aliphatic imine (C=N–C) groups is 1. The second-order valence-corrected chi connectivity index (χ2v) is 8.34. The Kier molecular flexibility index (Phi) is 7.27. The summed E-state index contributed by atoms with van der Waals surface area (Å²) in [5.41, 5.74) is 0. The predicted octanol–water partition coefficient (Wildman–Crippen LogP) is -0.890. The Morgan fingerprint density at radius 2 is 2.06 bits per heavy atom. The highest BCUT2D eigenvalue weighted by molar-refractivity contribution is 7.89. The number of aromatic nitrogens is 1. The molecule has 1 amide bonds. The van der Waals surface area contributed by atoms with E-state index in [-0.39, 0.29) is 16.5 Å². The van der Waals surface area contributed by atoms with Crippen LogP contribution in [-0.2, 0) is 14.8 Å². The van der Waals surface area contributed by atoms with Gasteiger partial charge >= 0.3 is 5.97 Å². The lowest BCUT2D eigenvalue weighted by Gasteiger charge is -2.15. The van der Waals surface area contributed by atoms with Crippen LogP contribution in [0.3, 0.4) is 0 Å². The first-order valence-electron chi connectivity index (χ1n) is 9.51. The molecule has 0 saturated carbocycles. The molecule has 0 radical (unpaired) electrons. The Labute approximate surface area is 183 Å². The third kappa shape index (κ3) is 6.18. The summed E-state index contributed by atoms with van der Waals surface area (Å²) in [6.45, 7) is 2.55. The molecule has 2 aromatic rings. The minimum absolute atomic E-state index is 0.0216. The van der Waals surface area contributed by atoms with E-state index in [9.17, 15) is 23.1 Å². The van der Waals surface area contributed by atoms with Crippen LogP contribution >= 0.6 is 0 Å². The summed E-state index contributed by atoms with van der Waals surface area (Å²) in [4.78, 5) is 27.8. The Bertz CT molecular complexity index is 1090. The highest BCUT2D eigenvalue weighted by atomic mass is 32.2. The maximum atomic E-state index is 12.3. The van der Waals surface area contributed by atoms with Crippen molar-refractivity contribution in [1.29, 1.82) is 0 Å². The number of ether oxygens (including phenoxy) is 1. The number of benzene rings is 1. The van der Waals surface area contributed by atoms with Crippen molar-refractivity contribution in [2.45, 2.75) is 24.1 Å². The Hall–Kier alpha value is -3.65. The van der Waals surface area contributed by atoms with Crippen LogP contribution in [0.4, 0.5) is 0 Å². The lowest BCUT2D eigenvalue weighted by Crippen LogP contribution is -2.48. The van der Waals surface area contributed by atoms with E-state index in [1.165, 1.54) is 30.3 Å². The van der Waals surface area contributed by atoms with Crippen molar-refractivity contribution >= 4 is 27.9 Å². The van der Waals surface area contributed by atoms with Gasteiger partial charge in [0.1, 0.15) is 6.04 Å². The number of carbonyl (C=O) groups excluding carboxylic acids is 1. The van der Waals surface area contributed by atoms with E-state index in [1.54, 1.807) is 13.0 Å². The van der Waals surface area contributed by atoms with Gasteiger partial charge in [0.2, 0.25) is 15.8 Å². The molecule has 2 heterocycles. The van der Waals surface area contributed by atoms with Crippen LogP contribution in [-0.4, -0.2) is 68.4 Å². The number of carboxylic acids is 1. The second kappa shape index (κ2) is 10.1. The maximum Gasteiger partial charge on any atom is 0.323 e. The highest BCUT2D eigenvalue weighted by Crippen LogP contribution is 2.13. The van der Waals surface area contributed by atoms with E-state index in [0.717, 1.165) is 6.54 Å². The molecular formula is C18H22N6O7S. The van der Waals surface area contributed by atoms with E-state index in [0.29, 0.717) is 12.5 Å². The molecule has 0 spiro atoms. The summed E-state index contributed by atoms with van der Waals surface area (Å²) in [7, 11) is -4.10. The summed E-state index contributed by atoms with van der Waals surface area (Å²) < 4.78 is 37.1. The second-order valence-electron chi connectivity index (χ2n) is 6.63. The van der Waals surface area contributed by atoms with E-state index in [1.807, 2.05) is 4.72 Å². The van der Waals surface area contributed by atoms with Crippen LogP contribution in [0.15, 0.2) is 50.8 Å². The zero-order chi connectivity index (χ0) is 23.1. The number of nitrogens with one attached hydrogen (secondary N) is 4. The molecule has 0 saturated heterocycles. The summed E-state index contributed by atoms with van der Waals surface area (Å²) in [6, 6.07) is 6.89. The van der Waals surface area contributed by atoms with Crippen LogP contribution in [0.5, 0.6) is 5.88 Å². The van der Waals surface area contributed by atoms with Crippen molar-refractivity contribution in [2.75, 3.05) is 19.6 Å². The number of sulfonamides is 1. The smallest absolute Gasteiger partial charge is 0.323 e. The molecule has 2 unspecified atom stereocenters. The van der Waals surface area contributed by atoms with Crippen molar-refractivity contribution in [3.8, 4) is 5.88 Å². The van der Waals surface area contributed by atoms with Crippen molar-refractivity contribution < 1.29 is 32.4 Å². The van der Waals surface area contributed by atoms with Gasteiger partial charge in [0.15, 0.2) is 12.2 Å². The predicted molar refractivity (Wildman–Crippen MR) is 111 cm³/mol. The molecule has 13 nitrogen and oxygen atoms in total. The molecule has 0 fully saturated rings. The van der Waals surface area contributed by atoms with Gasteiger partial charge in [-0.15, -0.1) is 0 Å². The Morgan fingerprint density at radius 1 is 1.31 bits per heavy atom. The van der Waals surface area contributed by atoms with Gasteiger partial charge in [0, 0.05) is 13.1 Å². The first kappa shape index (κ1) is 23.0. The van der Waals surface area contributed by atoms with E-state index < -0.39 is 40.7 Å². The Morgan fingerprint density at radius 3 is 2.72 bits per heavy atom. The molecule has 32 heavy (non-hydrogen) atoms. The number of guanidine groups is 1. The summed E-state index contributed by atoms with van der Waals surface area (Å²) >= 11 is 0. The number of rotatable bonds is 10. The molecular weight excluding hydrogens is 444 g/mol. The number of carboxylic acid groups (broad SMARTS) is 1. The van der Waals surface area contributed by atoms with Gasteiger partial charge in [0.25, 0.3) is 11.8 Å². The lowest BCUT2D eigenvalue weighted by molar-refractivity contribution is -0.138. The summed E-state index contributed by atoms with van der Waals surface area (Å²) in [5.74, 6) is -1.89. The van der Waals surface area contributed by atoms with Crippen molar-refractivity contribution in [2.24, 2.45) is 4.99 Å². The average molecular weight is 466 g/mol. The lowest BCUT2D eigenvalue weighted by atomic mass is 10.3. The summed E-state index contributed by atoms with van der Waals surface area (Å²) in [5, 5.41) is 21.2. The van der Waals surface area contributed by atoms with E-state index in [4.69, 9.17) is 9.26 Å². The largest absolute Gasteiger partial charge is 0.480 e. The minimum atomic E-state index is -4.10. The van der Waals surface area contributed by atoms with E-state index >= 15 is 0 Å². The molecule has 1 aliphatic heterocycles. The van der Waals surface area contributed by atoms with Gasteiger partial charge in [-0.1, -0.05) is 18.2 Å². The number of carbonyl (C=O) groups is 2. The maximum absolute atomic E-state index is 12.3. The van der Waals surface area contributed by atoms with Gasteiger partial charge < -0.3 is 30.3 Å². The third-order valence-corrected chi connectivity index (χ3v) is 5.63. The normalized spacial score (nSPS) is 15.2. The third-order valence-electron chi connectivity index (χ3n) is 4.14. The standard InChI is InChI=1S/C18H22N6O7S/c1-11(22-18-19-7-8-20-18)30-15-9-14(31-23-15)16(25)21-10-13(17(26)27)24-32(28,29)12-5-3-2-4-6-12/h2-6,9,11,13,24H,7-8,10H2,1H3,(H,21,25)(H,26,27)(H2,19,20,22). The van der Waals surface area contributed by atoms with Gasteiger partial charge in [-0.2, -0.15) is 4.72 Å². The number of nitrogens with zero attached hydrogens (tertiary/aromatic N) is 2. The van der Waals surface area contributed by atoms with Gasteiger partial charge in [-0.3, -0.25) is 14.6 Å². The molecule has 172 valence electrons. The molecule has 0 bridgehead atoms. The van der Waals surface area contributed by atoms with Gasteiger partial charge in [-0.05, 0) is 24.2 Å². The number of hydrogen-bond acceptors (Lipinski definition) is 10. The zero-order valence-corrected chi connectivity index (χ0v) is 17.8. The average Bonchev–Trinajstić information content (AvgIpc) is 3.43. The highest BCUT2D eigenvalue weighted by Gasteiger charge is 2.26. The van der Waals surface area contributed by atoms with Crippen LogP contribution < -0.4 is 25.4 Å². The van der Waals surface area contributed by atoms with Crippen molar-refractivity contribution in [1.82, 2.24) is 25.8 Å². The number of hydrogen-bond donors (Lipinski definition) is 5. The Balaban J connectivity index is 1.54. The molecule has 14 heteroatoms. The summed E-state index contributed by atoms with van der Waals surface area (Å²) in [6.07, 6.45) is -0.524. The fourth-order valence-electron chi connectivity index (χ4n) is 2.64. The minimum Gasteiger partial charge on any atom is -0.480 e.